The Labute approximate surface area is 129 Å². The number of unbranched alkanes of at least 4 members (excludes halogenated alkanes) is 1. The minimum Gasteiger partial charge on any atom is -0.450 e. The number of likely N-dealkylation sites (tertiary alicyclic amines) is 1. The molecule has 1 heterocycles. The number of ether oxygens (including phenoxy) is 1. The van der Waals surface area contributed by atoms with Gasteiger partial charge in [0.1, 0.15) is 6.17 Å². The summed E-state index contributed by atoms with van der Waals surface area (Å²) in [6.07, 6.45) is 5.49. The predicted molar refractivity (Wildman–Crippen MR) is 78.4 cm³/mol. The Morgan fingerprint density at radius 2 is 1.91 bits per heavy atom. The van der Waals surface area contributed by atoms with E-state index in [2.05, 4.69) is 17.5 Å². The molecule has 0 aromatic carbocycles. The van der Waals surface area contributed by atoms with Crippen LogP contribution in [0.3, 0.4) is 0 Å². The van der Waals surface area contributed by atoms with Crippen LogP contribution in [-0.2, 0) is 14.3 Å². The summed E-state index contributed by atoms with van der Waals surface area (Å²) < 4.78 is 5.02. The predicted octanol–water partition coefficient (Wildman–Crippen LogP) is 1.67. The lowest BCUT2D eigenvalue weighted by atomic mass is 9.85. The number of hydrogen-bond donors (Lipinski definition) is 1. The molecule has 3 rings (SSSR count). The Morgan fingerprint density at radius 3 is 2.45 bits per heavy atom. The molecule has 2 bridgehead atoms. The first kappa shape index (κ1) is 15.1. The molecule has 2 aliphatic carbocycles. The smallest absolute Gasteiger partial charge is 0.408 e. The zero-order valence-electron chi connectivity index (χ0n) is 13.0. The van der Waals surface area contributed by atoms with Crippen molar-refractivity contribution in [2.45, 2.75) is 39.3 Å². The van der Waals surface area contributed by atoms with Crippen LogP contribution in [0.2, 0.25) is 0 Å². The van der Waals surface area contributed by atoms with E-state index in [-0.39, 0.29) is 35.5 Å². The van der Waals surface area contributed by atoms with Crippen LogP contribution in [0.5, 0.6) is 0 Å². The second-order valence-electron chi connectivity index (χ2n) is 6.36. The van der Waals surface area contributed by atoms with E-state index < -0.39 is 12.3 Å². The summed E-state index contributed by atoms with van der Waals surface area (Å²) in [5.41, 5.74) is 0. The molecule has 5 atom stereocenters. The van der Waals surface area contributed by atoms with Crippen LogP contribution in [0.1, 0.15) is 33.1 Å². The molecule has 120 valence electrons. The number of alkyl carbamates (subject to hydrolysis) is 1. The van der Waals surface area contributed by atoms with Crippen molar-refractivity contribution in [2.75, 3.05) is 6.61 Å². The average Bonchev–Trinajstić information content (AvgIpc) is 3.13. The van der Waals surface area contributed by atoms with Gasteiger partial charge < -0.3 is 10.1 Å². The van der Waals surface area contributed by atoms with Crippen LogP contribution >= 0.6 is 0 Å². The zero-order valence-corrected chi connectivity index (χ0v) is 13.0. The van der Waals surface area contributed by atoms with E-state index in [0.29, 0.717) is 6.61 Å². The van der Waals surface area contributed by atoms with Crippen molar-refractivity contribution in [3.8, 4) is 0 Å². The standard InChI is InChI=1S/C16H22N2O4/c1-3-4-7-22-16(21)17-9(2)18-14(19)12-10-5-6-11(8-10)13(12)15(18)20/h5-6,9-13H,3-4,7-8H2,1-2H3,(H,17,21)/t9-,10-,11-,12+,13+/m0/s1. The molecule has 6 heteroatoms. The molecular formula is C16H22N2O4. The molecule has 3 aliphatic rings. The highest BCUT2D eigenvalue weighted by molar-refractivity contribution is 6.06. The van der Waals surface area contributed by atoms with E-state index in [9.17, 15) is 14.4 Å². The van der Waals surface area contributed by atoms with Gasteiger partial charge in [0.05, 0.1) is 18.4 Å². The summed E-state index contributed by atoms with van der Waals surface area (Å²) in [5.74, 6) is -0.424. The number of imide groups is 1. The molecule has 22 heavy (non-hydrogen) atoms. The molecule has 0 aromatic rings. The van der Waals surface area contributed by atoms with Crippen molar-refractivity contribution in [1.82, 2.24) is 10.2 Å². The van der Waals surface area contributed by atoms with Crippen molar-refractivity contribution in [2.24, 2.45) is 23.7 Å². The first-order chi connectivity index (χ1) is 10.5. The van der Waals surface area contributed by atoms with E-state index in [1.165, 1.54) is 4.90 Å². The number of amides is 3. The number of rotatable bonds is 5. The largest absolute Gasteiger partial charge is 0.450 e. The molecule has 3 amide bonds. The third-order valence-electron chi connectivity index (χ3n) is 4.95. The molecule has 0 radical (unpaired) electrons. The molecule has 0 aromatic heterocycles. The average molecular weight is 306 g/mol. The Kier molecular flexibility index (Phi) is 3.93. The molecule has 6 nitrogen and oxygen atoms in total. The monoisotopic (exact) mass is 306 g/mol. The number of hydrogen-bond acceptors (Lipinski definition) is 4. The number of allylic oxidation sites excluding steroid dienone is 2. The van der Waals surface area contributed by atoms with Crippen LogP contribution in [0.4, 0.5) is 4.79 Å². The van der Waals surface area contributed by atoms with Crippen LogP contribution in [0.25, 0.3) is 0 Å². The molecule has 0 unspecified atom stereocenters. The minimum atomic E-state index is -0.667. The van der Waals surface area contributed by atoms with Gasteiger partial charge in [-0.3, -0.25) is 14.5 Å². The highest BCUT2D eigenvalue weighted by atomic mass is 16.5. The van der Waals surface area contributed by atoms with Crippen molar-refractivity contribution < 1.29 is 19.1 Å². The maximum Gasteiger partial charge on any atom is 0.408 e. The Morgan fingerprint density at radius 1 is 1.32 bits per heavy atom. The van der Waals surface area contributed by atoms with Gasteiger partial charge in [0.2, 0.25) is 11.8 Å². The van der Waals surface area contributed by atoms with E-state index in [1.54, 1.807) is 6.92 Å². The van der Waals surface area contributed by atoms with Gasteiger partial charge in [0.25, 0.3) is 0 Å². The summed E-state index contributed by atoms with van der Waals surface area (Å²) in [4.78, 5) is 38.0. The minimum absolute atomic E-state index is 0.159. The highest BCUT2D eigenvalue weighted by Crippen LogP contribution is 2.52. The summed E-state index contributed by atoms with van der Waals surface area (Å²) in [7, 11) is 0. The first-order valence-electron chi connectivity index (χ1n) is 8.03. The van der Waals surface area contributed by atoms with Gasteiger partial charge in [-0.15, -0.1) is 0 Å². The molecule has 1 N–H and O–H groups in total. The third kappa shape index (κ3) is 2.30. The second-order valence-corrected chi connectivity index (χ2v) is 6.36. The van der Waals surface area contributed by atoms with Crippen molar-refractivity contribution in [3.63, 3.8) is 0 Å². The SMILES string of the molecule is CCCCOC(=O)N[C@H](C)N1C(=O)[C@H]2[C@H](C1=O)[C@H]1C=C[C@H]2C1. The molecule has 1 saturated carbocycles. The van der Waals surface area contributed by atoms with Gasteiger partial charge in [-0.25, -0.2) is 4.79 Å². The summed E-state index contributed by atoms with van der Waals surface area (Å²) in [5, 5.41) is 2.58. The van der Waals surface area contributed by atoms with Gasteiger partial charge in [0, 0.05) is 0 Å². The summed E-state index contributed by atoms with van der Waals surface area (Å²) >= 11 is 0. The molecule has 0 spiro atoms. The fraction of sp³-hybridized carbons (Fsp3) is 0.688. The quantitative estimate of drug-likeness (QED) is 0.476. The van der Waals surface area contributed by atoms with Crippen LogP contribution in [0.15, 0.2) is 12.2 Å². The zero-order chi connectivity index (χ0) is 15.9. The van der Waals surface area contributed by atoms with E-state index in [4.69, 9.17) is 4.74 Å². The molecular weight excluding hydrogens is 284 g/mol. The van der Waals surface area contributed by atoms with E-state index in [0.717, 1.165) is 19.3 Å². The fourth-order valence-corrected chi connectivity index (χ4v) is 3.89. The van der Waals surface area contributed by atoms with Crippen molar-refractivity contribution in [1.29, 1.82) is 0 Å². The number of carbonyl (C=O) groups is 3. The summed E-state index contributed by atoms with van der Waals surface area (Å²) in [6.45, 7) is 4.00. The van der Waals surface area contributed by atoms with Crippen molar-refractivity contribution in [3.05, 3.63) is 12.2 Å². The first-order valence-corrected chi connectivity index (χ1v) is 8.03. The molecule has 2 fully saturated rings. The maximum atomic E-state index is 12.5. The van der Waals surface area contributed by atoms with Crippen LogP contribution in [-0.4, -0.2) is 35.6 Å². The Balaban J connectivity index is 1.62. The van der Waals surface area contributed by atoms with E-state index >= 15 is 0 Å². The third-order valence-corrected chi connectivity index (χ3v) is 4.95. The number of nitrogens with one attached hydrogen (secondary N) is 1. The Hall–Kier alpha value is -1.85. The van der Waals surface area contributed by atoms with Crippen LogP contribution < -0.4 is 5.32 Å². The second kappa shape index (κ2) is 5.74. The number of nitrogens with zero attached hydrogens (tertiary/aromatic N) is 1. The molecule has 1 aliphatic heterocycles. The van der Waals surface area contributed by atoms with Gasteiger partial charge in [-0.2, -0.15) is 0 Å². The van der Waals surface area contributed by atoms with Gasteiger partial charge in [0.15, 0.2) is 0 Å². The van der Waals surface area contributed by atoms with Gasteiger partial charge in [-0.1, -0.05) is 25.5 Å². The van der Waals surface area contributed by atoms with Gasteiger partial charge >= 0.3 is 6.09 Å². The van der Waals surface area contributed by atoms with Crippen molar-refractivity contribution >= 4 is 17.9 Å². The van der Waals surface area contributed by atoms with E-state index in [1.807, 2.05) is 6.92 Å². The topological polar surface area (TPSA) is 75.7 Å². The van der Waals surface area contributed by atoms with Gasteiger partial charge in [-0.05, 0) is 31.6 Å². The molecule has 1 saturated heterocycles. The lowest BCUT2D eigenvalue weighted by molar-refractivity contribution is -0.143. The summed E-state index contributed by atoms with van der Waals surface area (Å²) in [6, 6.07) is 0. The fourth-order valence-electron chi connectivity index (χ4n) is 3.89. The maximum absolute atomic E-state index is 12.5. The normalized spacial score (nSPS) is 33.3. The lowest BCUT2D eigenvalue weighted by Gasteiger charge is -2.25. The van der Waals surface area contributed by atoms with Crippen LogP contribution in [0, 0.1) is 23.7 Å². The number of carbonyl (C=O) groups excluding carboxylic acids is 3. The lowest BCUT2D eigenvalue weighted by Crippen LogP contribution is -2.50. The number of fused-ring (bicyclic) bond motifs is 5. The Bertz CT molecular complexity index is 500. The highest BCUT2D eigenvalue weighted by Gasteiger charge is 2.60.